The molecule has 0 unspecified atom stereocenters. The van der Waals surface area contributed by atoms with Crippen molar-refractivity contribution in [3.63, 3.8) is 0 Å². The summed E-state index contributed by atoms with van der Waals surface area (Å²) in [6.07, 6.45) is 0. The van der Waals surface area contributed by atoms with Crippen molar-refractivity contribution in [3.8, 4) is 0 Å². The summed E-state index contributed by atoms with van der Waals surface area (Å²) in [5, 5.41) is 1.06. The van der Waals surface area contributed by atoms with Crippen LogP contribution in [-0.2, 0) is 43.8 Å². The number of rotatable bonds is 2. The minimum Gasteiger partial charge on any atom is 0 e. The molecule has 0 amide bonds. The summed E-state index contributed by atoms with van der Waals surface area (Å²) in [6.45, 7) is 0. The molecule has 0 radical (unpaired) electrons. The molecule has 0 aliphatic carbocycles. The van der Waals surface area contributed by atoms with Crippen LogP contribution < -0.4 is 0 Å². The molecule has 0 aromatic carbocycles. The van der Waals surface area contributed by atoms with Gasteiger partial charge >= 0.3 is 34.7 Å². The second-order valence-corrected chi connectivity index (χ2v) is 1.11. The van der Waals surface area contributed by atoms with Gasteiger partial charge in [0.1, 0.15) is 0 Å². The van der Waals surface area contributed by atoms with Gasteiger partial charge in [-0.15, -0.1) is 0 Å². The molecule has 0 aliphatic rings. The predicted molar refractivity (Wildman–Crippen MR) is 13.5 cm³/mol. The number of hydrogen-bond donors (Lipinski definition) is 0. The standard InChI is InChI=1S/2CHO.Co.Ru/c2*1-2;;/h2*1H;;. The van der Waals surface area contributed by atoms with Crippen LogP contribution in [0.1, 0.15) is 0 Å². The fraction of sp³-hybridized carbons (Fsp3) is 0. The van der Waals surface area contributed by atoms with Crippen LogP contribution in [0.25, 0.3) is 0 Å². The molecule has 39 valence electrons. The van der Waals surface area contributed by atoms with Gasteiger partial charge in [-0.25, -0.2) is 0 Å². The first-order valence-corrected chi connectivity index (χ1v) is 2.06. The Hall–Kier alpha value is 0.470. The van der Waals surface area contributed by atoms with Crippen LogP contribution in [0.5, 0.6) is 0 Å². The summed E-state index contributed by atoms with van der Waals surface area (Å²) >= 11 is 0.243. The summed E-state index contributed by atoms with van der Waals surface area (Å²) < 4.78 is 0. The van der Waals surface area contributed by atoms with E-state index in [1.807, 2.05) is 0 Å². The smallest absolute Gasteiger partial charge is 0 e. The van der Waals surface area contributed by atoms with Crippen LogP contribution in [-0.4, -0.2) is 10.4 Å². The Morgan fingerprint density at radius 1 is 1.17 bits per heavy atom. The van der Waals surface area contributed by atoms with Crippen molar-refractivity contribution >= 4 is 10.4 Å². The molecule has 0 N–H and O–H groups in total. The van der Waals surface area contributed by atoms with Gasteiger partial charge in [0.25, 0.3) is 0 Å². The minimum atomic E-state index is 0. The Morgan fingerprint density at radius 2 is 1.50 bits per heavy atom. The van der Waals surface area contributed by atoms with Gasteiger partial charge in [-0.05, 0) is 0 Å². The molecule has 6 heavy (non-hydrogen) atoms. The Balaban J connectivity index is 0. The Labute approximate surface area is 54.4 Å². The molecule has 0 fully saturated rings. The third kappa shape index (κ3) is 8.82. The second-order valence-electron chi connectivity index (χ2n) is 0.268. The molecule has 0 saturated heterocycles. The molecule has 4 heteroatoms. The van der Waals surface area contributed by atoms with Crippen molar-refractivity contribution in [2.24, 2.45) is 0 Å². The van der Waals surface area contributed by atoms with Crippen molar-refractivity contribution in [3.05, 3.63) is 0 Å². The molecule has 0 aromatic heterocycles. The second kappa shape index (κ2) is 9.08. The normalized spacial score (nSPS) is 6.00. The maximum absolute atomic E-state index is 9.16. The third-order valence-corrected chi connectivity index (χ3v) is 0.374. The minimum absolute atomic E-state index is 0. The van der Waals surface area contributed by atoms with Crippen molar-refractivity contribution in [1.29, 1.82) is 0 Å². The van der Waals surface area contributed by atoms with E-state index in [4.69, 9.17) is 9.59 Å². The van der Waals surface area contributed by atoms with Crippen LogP contribution in [0.4, 0.5) is 0 Å². The third-order valence-electron chi connectivity index (χ3n) is 0.0907. The zero-order chi connectivity index (χ0) is 4.12. The average molecular weight is 218 g/mol. The first-order valence-electron chi connectivity index (χ1n) is 0.856. The Kier molecular flexibility index (Phi) is 14.7. The van der Waals surface area contributed by atoms with E-state index >= 15 is 0 Å². The maximum atomic E-state index is 9.16. The molecule has 0 bridgehead atoms. The average Bonchev–Trinajstić information content (AvgIpc) is 1.41. The zero-order valence-corrected chi connectivity index (χ0v) is 5.44. The van der Waals surface area contributed by atoms with E-state index in [-0.39, 0.29) is 34.2 Å². The van der Waals surface area contributed by atoms with Gasteiger partial charge in [0.05, 0.1) is 0 Å². The van der Waals surface area contributed by atoms with E-state index < -0.39 is 0 Å². The number of carbonyl (C=O) groups excluding carboxylic acids is 2. The Bertz CT molecular complexity index is 40.8. The van der Waals surface area contributed by atoms with Gasteiger partial charge in [-0.2, -0.15) is 0 Å². The first-order chi connectivity index (χ1) is 2.41. The molecule has 0 rings (SSSR count). The summed E-state index contributed by atoms with van der Waals surface area (Å²) in [5.74, 6) is 0. The van der Waals surface area contributed by atoms with E-state index in [0.717, 1.165) is 0 Å². The van der Waals surface area contributed by atoms with Gasteiger partial charge in [-0.3, -0.25) is 0 Å². The van der Waals surface area contributed by atoms with Gasteiger partial charge in [-0.1, -0.05) is 0 Å². The molecule has 0 heterocycles. The van der Waals surface area contributed by atoms with E-state index in [1.54, 1.807) is 0 Å². The molecule has 0 saturated carbocycles. The topological polar surface area (TPSA) is 34.1 Å². The van der Waals surface area contributed by atoms with E-state index in [9.17, 15) is 0 Å². The van der Waals surface area contributed by atoms with Crippen LogP contribution in [0.2, 0.25) is 0 Å². The summed E-state index contributed by atoms with van der Waals surface area (Å²) in [4.78, 5) is 18.3. The molecule has 0 spiro atoms. The summed E-state index contributed by atoms with van der Waals surface area (Å²) in [5.41, 5.74) is 0. The summed E-state index contributed by atoms with van der Waals surface area (Å²) in [7, 11) is 0. The predicted octanol–water partition coefficient (Wildman–Crippen LogP) is -0.553. The van der Waals surface area contributed by atoms with Crippen molar-refractivity contribution < 1.29 is 43.8 Å². The van der Waals surface area contributed by atoms with Gasteiger partial charge in [0.15, 0.2) is 0 Å². The van der Waals surface area contributed by atoms with Crippen LogP contribution in [0, 0.1) is 0 Å². The van der Waals surface area contributed by atoms with Crippen LogP contribution in [0.3, 0.4) is 0 Å². The van der Waals surface area contributed by atoms with E-state index in [0.29, 0.717) is 10.4 Å². The monoisotopic (exact) mass is 219 g/mol. The van der Waals surface area contributed by atoms with Crippen molar-refractivity contribution in [2.45, 2.75) is 0 Å². The maximum Gasteiger partial charge on any atom is 0 e. The zero-order valence-electron chi connectivity index (χ0n) is 2.66. The summed E-state index contributed by atoms with van der Waals surface area (Å²) in [6, 6.07) is 0. The molecule has 2 nitrogen and oxygen atoms in total. The largest absolute Gasteiger partial charge is 0 e. The Morgan fingerprint density at radius 3 is 1.50 bits per heavy atom. The first kappa shape index (κ1) is 9.69. The van der Waals surface area contributed by atoms with Crippen LogP contribution in [0.15, 0.2) is 0 Å². The van der Waals surface area contributed by atoms with Crippen molar-refractivity contribution in [2.75, 3.05) is 0 Å². The quantitative estimate of drug-likeness (QED) is 0.460. The van der Waals surface area contributed by atoms with Crippen LogP contribution >= 0.6 is 0 Å². The molecule has 0 aliphatic heterocycles. The number of hydrogen-bond acceptors (Lipinski definition) is 2. The molecular weight excluding hydrogens is 216 g/mol. The fourth-order valence-corrected chi connectivity index (χ4v) is 0.0764. The van der Waals surface area contributed by atoms with Gasteiger partial charge in [0.2, 0.25) is 0 Å². The van der Waals surface area contributed by atoms with E-state index in [2.05, 4.69) is 0 Å². The SMILES string of the molecule is O=[CH][Co][CH]=O.[Ru]. The van der Waals surface area contributed by atoms with E-state index in [1.165, 1.54) is 0 Å². The molecule has 0 aromatic rings. The number of carbonyl (C=O) groups is 2. The molecule has 0 atom stereocenters. The van der Waals surface area contributed by atoms with Gasteiger partial charge < -0.3 is 0 Å². The fourth-order valence-electron chi connectivity index (χ4n) is 0.0185. The van der Waals surface area contributed by atoms with Gasteiger partial charge in [0, 0.05) is 19.5 Å². The molecular formula is C2H2CoO2Ru. The van der Waals surface area contributed by atoms with Crippen molar-refractivity contribution in [1.82, 2.24) is 0 Å².